The van der Waals surface area contributed by atoms with Crippen molar-refractivity contribution in [3.63, 3.8) is 0 Å². The van der Waals surface area contributed by atoms with E-state index in [0.717, 1.165) is 45.3 Å². The maximum absolute atomic E-state index is 5.09. The predicted octanol–water partition coefficient (Wildman–Crippen LogP) is 1.70. The predicted molar refractivity (Wildman–Crippen MR) is 89.9 cm³/mol. The molecule has 0 bridgehead atoms. The van der Waals surface area contributed by atoms with Gasteiger partial charge >= 0.3 is 0 Å². The number of hydrogen-bond donors (Lipinski definition) is 2. The number of rotatable bonds is 10. The third-order valence-corrected chi connectivity index (χ3v) is 4.54. The molecule has 5 heteroatoms. The second-order valence-electron chi connectivity index (χ2n) is 6.13. The summed E-state index contributed by atoms with van der Waals surface area (Å²) in [5.74, 6) is 0.956. The van der Waals surface area contributed by atoms with Crippen LogP contribution in [-0.2, 0) is 4.74 Å². The summed E-state index contributed by atoms with van der Waals surface area (Å²) in [4.78, 5) is 7.05. The lowest BCUT2D eigenvalue weighted by Gasteiger charge is -2.40. The Hall–Kier alpha value is -0.810. The van der Waals surface area contributed by atoms with Crippen molar-refractivity contribution >= 4 is 5.96 Å². The molecule has 5 nitrogen and oxygen atoms in total. The van der Waals surface area contributed by atoms with Crippen molar-refractivity contribution in [2.24, 2.45) is 10.4 Å². The minimum absolute atomic E-state index is 0.484. The van der Waals surface area contributed by atoms with E-state index in [2.05, 4.69) is 36.4 Å². The van der Waals surface area contributed by atoms with Crippen molar-refractivity contribution in [3.8, 4) is 0 Å². The van der Waals surface area contributed by atoms with Crippen LogP contribution in [0.25, 0.3) is 0 Å². The lowest BCUT2D eigenvalue weighted by atomic mass is 9.67. The van der Waals surface area contributed by atoms with Crippen LogP contribution >= 0.6 is 0 Å². The molecule has 0 spiro atoms. The zero-order valence-corrected chi connectivity index (χ0v) is 14.4. The molecule has 21 heavy (non-hydrogen) atoms. The first kappa shape index (κ1) is 18.2. The maximum Gasteiger partial charge on any atom is 0.191 e. The molecule has 2 N–H and O–H groups in total. The first-order valence-electron chi connectivity index (χ1n) is 8.35. The summed E-state index contributed by atoms with van der Waals surface area (Å²) in [6, 6.07) is 0. The molecule has 0 radical (unpaired) electrons. The van der Waals surface area contributed by atoms with Crippen molar-refractivity contribution in [1.82, 2.24) is 15.5 Å². The Morgan fingerprint density at radius 2 is 2.00 bits per heavy atom. The van der Waals surface area contributed by atoms with Crippen LogP contribution in [0.15, 0.2) is 4.99 Å². The molecular formula is C16H34N4O. The second-order valence-corrected chi connectivity index (χ2v) is 6.13. The molecule has 0 saturated heterocycles. The molecule has 0 aromatic heterocycles. The third-order valence-electron chi connectivity index (χ3n) is 4.54. The van der Waals surface area contributed by atoms with E-state index in [1.807, 2.05) is 0 Å². The minimum atomic E-state index is 0.484. The summed E-state index contributed by atoms with van der Waals surface area (Å²) in [7, 11) is 3.86. The lowest BCUT2D eigenvalue weighted by Crippen LogP contribution is -2.42. The van der Waals surface area contributed by atoms with Crippen LogP contribution in [0.5, 0.6) is 0 Å². The molecular weight excluding hydrogens is 264 g/mol. The molecule has 1 fully saturated rings. The molecule has 0 heterocycles. The van der Waals surface area contributed by atoms with Gasteiger partial charge in [-0.05, 0) is 38.6 Å². The molecule has 0 aliphatic heterocycles. The number of nitrogens with zero attached hydrogens (tertiary/aromatic N) is 2. The largest absolute Gasteiger partial charge is 0.383 e. The number of likely N-dealkylation sites (N-methyl/N-ethyl adjacent to an activating group) is 1. The van der Waals surface area contributed by atoms with Gasteiger partial charge in [0.25, 0.3) is 0 Å². The van der Waals surface area contributed by atoms with Crippen LogP contribution in [0.3, 0.4) is 0 Å². The Labute approximate surface area is 130 Å². The van der Waals surface area contributed by atoms with E-state index < -0.39 is 0 Å². The van der Waals surface area contributed by atoms with E-state index in [1.54, 1.807) is 7.11 Å². The van der Waals surface area contributed by atoms with Gasteiger partial charge in [-0.25, -0.2) is 0 Å². The van der Waals surface area contributed by atoms with Crippen molar-refractivity contribution in [3.05, 3.63) is 0 Å². The van der Waals surface area contributed by atoms with Crippen LogP contribution in [0.4, 0.5) is 0 Å². The molecule has 124 valence electrons. The second kappa shape index (κ2) is 10.0. The SMILES string of the molecule is CCNC(=NCC1(CC)CCC1)NCCN(C)CCOC. The minimum Gasteiger partial charge on any atom is -0.383 e. The molecule has 0 amide bonds. The van der Waals surface area contributed by atoms with Crippen LogP contribution in [0.1, 0.15) is 39.5 Å². The van der Waals surface area contributed by atoms with E-state index in [9.17, 15) is 0 Å². The van der Waals surface area contributed by atoms with Crippen LogP contribution < -0.4 is 10.6 Å². The zero-order chi connectivity index (χ0) is 15.6. The van der Waals surface area contributed by atoms with E-state index in [-0.39, 0.29) is 0 Å². The maximum atomic E-state index is 5.09. The molecule has 0 unspecified atom stereocenters. The number of methoxy groups -OCH3 is 1. The van der Waals surface area contributed by atoms with Gasteiger partial charge in [-0.2, -0.15) is 0 Å². The Bertz CT molecular complexity index is 297. The fourth-order valence-corrected chi connectivity index (χ4v) is 2.61. The topological polar surface area (TPSA) is 48.9 Å². The van der Waals surface area contributed by atoms with E-state index in [4.69, 9.17) is 9.73 Å². The number of guanidine groups is 1. The molecule has 1 saturated carbocycles. The summed E-state index contributed by atoms with van der Waals surface area (Å²) < 4.78 is 5.09. The highest BCUT2D eigenvalue weighted by Crippen LogP contribution is 2.43. The van der Waals surface area contributed by atoms with Crippen LogP contribution in [-0.4, -0.2) is 64.3 Å². The van der Waals surface area contributed by atoms with E-state index in [0.29, 0.717) is 5.41 Å². The monoisotopic (exact) mass is 298 g/mol. The summed E-state index contributed by atoms with van der Waals surface area (Å²) in [6.07, 6.45) is 5.30. The van der Waals surface area contributed by atoms with E-state index in [1.165, 1.54) is 25.7 Å². The van der Waals surface area contributed by atoms with Gasteiger partial charge < -0.3 is 20.3 Å². The highest BCUT2D eigenvalue weighted by molar-refractivity contribution is 5.79. The molecule has 0 atom stereocenters. The Kier molecular flexibility index (Phi) is 8.69. The number of nitrogens with one attached hydrogen (secondary N) is 2. The van der Waals surface area contributed by atoms with Crippen LogP contribution in [0, 0.1) is 5.41 Å². The van der Waals surface area contributed by atoms with Gasteiger partial charge in [-0.3, -0.25) is 4.99 Å². The van der Waals surface area contributed by atoms with Gasteiger partial charge in [0.1, 0.15) is 0 Å². The van der Waals surface area contributed by atoms with Gasteiger partial charge in [0.2, 0.25) is 0 Å². The highest BCUT2D eigenvalue weighted by Gasteiger charge is 2.34. The summed E-state index contributed by atoms with van der Waals surface area (Å²) >= 11 is 0. The fourth-order valence-electron chi connectivity index (χ4n) is 2.61. The molecule has 1 aliphatic rings. The Morgan fingerprint density at radius 3 is 2.52 bits per heavy atom. The van der Waals surface area contributed by atoms with Crippen LogP contribution in [0.2, 0.25) is 0 Å². The smallest absolute Gasteiger partial charge is 0.191 e. The first-order chi connectivity index (χ1) is 10.2. The van der Waals surface area contributed by atoms with Gasteiger partial charge in [0, 0.05) is 39.8 Å². The fraction of sp³-hybridized carbons (Fsp3) is 0.938. The first-order valence-corrected chi connectivity index (χ1v) is 8.35. The number of aliphatic imine (C=N–C) groups is 1. The van der Waals surface area contributed by atoms with E-state index >= 15 is 0 Å². The summed E-state index contributed by atoms with van der Waals surface area (Å²) in [5, 5.41) is 6.77. The summed E-state index contributed by atoms with van der Waals surface area (Å²) in [5.41, 5.74) is 0.484. The number of hydrogen-bond acceptors (Lipinski definition) is 3. The molecule has 0 aromatic rings. The quantitative estimate of drug-likeness (QED) is 0.476. The van der Waals surface area contributed by atoms with Crippen molar-refractivity contribution < 1.29 is 4.74 Å². The Balaban J connectivity index is 2.31. The molecule has 1 aliphatic carbocycles. The molecule has 0 aromatic carbocycles. The van der Waals surface area contributed by atoms with Crippen molar-refractivity contribution in [2.75, 3.05) is 53.5 Å². The zero-order valence-electron chi connectivity index (χ0n) is 14.4. The van der Waals surface area contributed by atoms with Gasteiger partial charge in [0.05, 0.1) is 6.61 Å². The normalized spacial score (nSPS) is 17.7. The average Bonchev–Trinajstić information content (AvgIpc) is 2.44. The molecule has 1 rings (SSSR count). The Morgan fingerprint density at radius 1 is 1.24 bits per heavy atom. The third kappa shape index (κ3) is 6.66. The summed E-state index contributed by atoms with van der Waals surface area (Å²) in [6.45, 7) is 9.91. The van der Waals surface area contributed by atoms with Crippen molar-refractivity contribution in [2.45, 2.75) is 39.5 Å². The number of ether oxygens (including phenoxy) is 1. The highest BCUT2D eigenvalue weighted by atomic mass is 16.5. The van der Waals surface area contributed by atoms with Gasteiger partial charge in [0.15, 0.2) is 5.96 Å². The van der Waals surface area contributed by atoms with Gasteiger partial charge in [-0.1, -0.05) is 13.3 Å². The standard InChI is InChI=1S/C16H34N4O/c1-5-16(8-7-9-16)14-19-15(17-6-2)18-10-11-20(3)12-13-21-4/h5-14H2,1-4H3,(H2,17,18,19). The van der Waals surface area contributed by atoms with Gasteiger partial charge in [-0.15, -0.1) is 0 Å². The average molecular weight is 298 g/mol. The van der Waals surface area contributed by atoms with Crippen molar-refractivity contribution in [1.29, 1.82) is 0 Å². The lowest BCUT2D eigenvalue weighted by molar-refractivity contribution is 0.139.